The van der Waals surface area contributed by atoms with Gasteiger partial charge >= 0.3 is 6.01 Å². The summed E-state index contributed by atoms with van der Waals surface area (Å²) in [7, 11) is 1.60. The number of likely N-dealkylation sites (N-methyl/N-ethyl adjacent to an activating group) is 1. The first-order valence-corrected chi connectivity index (χ1v) is 7.94. The van der Waals surface area contributed by atoms with Gasteiger partial charge in [0, 0.05) is 44.6 Å². The summed E-state index contributed by atoms with van der Waals surface area (Å²) in [6.07, 6.45) is 2.90. The van der Waals surface area contributed by atoms with Crippen LogP contribution in [0.3, 0.4) is 0 Å². The Morgan fingerprint density at radius 2 is 2.08 bits per heavy atom. The summed E-state index contributed by atoms with van der Waals surface area (Å²) in [5, 5.41) is 2.60. The largest absolute Gasteiger partial charge is 0.424 e. The molecule has 2 heterocycles. The van der Waals surface area contributed by atoms with Gasteiger partial charge in [-0.1, -0.05) is 0 Å². The summed E-state index contributed by atoms with van der Waals surface area (Å²) in [5.74, 6) is 0.0175. The third kappa shape index (κ3) is 4.71. The number of morpholine rings is 1. The van der Waals surface area contributed by atoms with Crippen LogP contribution in [-0.2, 0) is 16.1 Å². The van der Waals surface area contributed by atoms with Gasteiger partial charge in [0.1, 0.15) is 17.7 Å². The zero-order valence-electron chi connectivity index (χ0n) is 13.8. The Kier molecular flexibility index (Phi) is 5.52. The highest BCUT2D eigenvalue weighted by Gasteiger charge is 2.25. The number of hydrogen-bond acceptors (Lipinski definition) is 6. The van der Waals surface area contributed by atoms with Crippen molar-refractivity contribution in [2.24, 2.45) is 0 Å². The molecule has 0 bridgehead atoms. The molecule has 1 fully saturated rings. The van der Waals surface area contributed by atoms with Gasteiger partial charge < -0.3 is 14.8 Å². The van der Waals surface area contributed by atoms with Crippen molar-refractivity contribution in [3.8, 4) is 11.8 Å². The molecule has 0 spiro atoms. The van der Waals surface area contributed by atoms with Crippen LogP contribution < -0.4 is 10.1 Å². The van der Waals surface area contributed by atoms with Gasteiger partial charge in [-0.2, -0.15) is 0 Å². The predicted octanol–water partition coefficient (Wildman–Crippen LogP) is 1.35. The van der Waals surface area contributed by atoms with Crippen LogP contribution in [0.25, 0.3) is 0 Å². The fourth-order valence-electron chi connectivity index (χ4n) is 2.51. The minimum absolute atomic E-state index is 0.121. The Bertz CT molecular complexity index is 709. The van der Waals surface area contributed by atoms with Crippen molar-refractivity contribution in [1.29, 1.82) is 0 Å². The topological polar surface area (TPSA) is 76.6 Å². The number of ether oxygens (including phenoxy) is 2. The first-order valence-electron chi connectivity index (χ1n) is 7.94. The van der Waals surface area contributed by atoms with Gasteiger partial charge in [-0.15, -0.1) is 0 Å². The van der Waals surface area contributed by atoms with E-state index in [4.69, 9.17) is 9.47 Å². The van der Waals surface area contributed by atoms with Crippen LogP contribution >= 0.6 is 0 Å². The molecule has 132 valence electrons. The monoisotopic (exact) mass is 346 g/mol. The van der Waals surface area contributed by atoms with E-state index in [0.717, 1.165) is 12.1 Å². The van der Waals surface area contributed by atoms with Crippen LogP contribution in [-0.4, -0.2) is 53.6 Å². The number of nitrogens with one attached hydrogen (secondary N) is 1. The van der Waals surface area contributed by atoms with Crippen molar-refractivity contribution in [2.75, 3.05) is 26.7 Å². The van der Waals surface area contributed by atoms with Crippen molar-refractivity contribution >= 4 is 5.91 Å². The van der Waals surface area contributed by atoms with Crippen LogP contribution in [0.2, 0.25) is 0 Å². The number of benzene rings is 1. The zero-order valence-corrected chi connectivity index (χ0v) is 13.8. The summed E-state index contributed by atoms with van der Waals surface area (Å²) in [4.78, 5) is 22.1. The van der Waals surface area contributed by atoms with Crippen molar-refractivity contribution in [2.45, 2.75) is 12.6 Å². The van der Waals surface area contributed by atoms with Gasteiger partial charge in [-0.25, -0.2) is 14.4 Å². The van der Waals surface area contributed by atoms with Crippen LogP contribution in [0.1, 0.15) is 5.56 Å². The van der Waals surface area contributed by atoms with Crippen molar-refractivity contribution in [1.82, 2.24) is 20.2 Å². The minimum atomic E-state index is -0.458. The SMILES string of the molecule is CNC(=O)C1CN(Cc2cnc(Oc3ccc(F)cc3)nc2)CCO1. The number of rotatable bonds is 5. The zero-order chi connectivity index (χ0) is 17.6. The molecule has 7 nitrogen and oxygen atoms in total. The number of aromatic nitrogens is 2. The lowest BCUT2D eigenvalue weighted by atomic mass is 10.2. The molecular weight excluding hydrogens is 327 g/mol. The highest BCUT2D eigenvalue weighted by molar-refractivity contribution is 5.80. The molecule has 1 aliphatic rings. The maximum absolute atomic E-state index is 12.9. The number of carbonyl (C=O) groups excluding carboxylic acids is 1. The smallest absolute Gasteiger partial charge is 0.321 e. The van der Waals surface area contributed by atoms with E-state index < -0.39 is 6.10 Å². The molecule has 1 aromatic heterocycles. The summed E-state index contributed by atoms with van der Waals surface area (Å²) >= 11 is 0. The lowest BCUT2D eigenvalue weighted by Gasteiger charge is -2.31. The normalized spacial score (nSPS) is 17.9. The average Bonchev–Trinajstić information content (AvgIpc) is 2.65. The van der Waals surface area contributed by atoms with E-state index in [1.165, 1.54) is 24.3 Å². The third-order valence-corrected chi connectivity index (χ3v) is 3.80. The maximum atomic E-state index is 12.9. The van der Waals surface area contributed by atoms with E-state index in [0.29, 0.717) is 25.4 Å². The first-order chi connectivity index (χ1) is 12.1. The molecule has 0 radical (unpaired) electrons. The lowest BCUT2D eigenvalue weighted by molar-refractivity contribution is -0.138. The number of hydrogen-bond donors (Lipinski definition) is 1. The lowest BCUT2D eigenvalue weighted by Crippen LogP contribution is -2.48. The highest BCUT2D eigenvalue weighted by atomic mass is 19.1. The van der Waals surface area contributed by atoms with E-state index in [1.807, 2.05) is 0 Å². The van der Waals surface area contributed by atoms with E-state index in [2.05, 4.69) is 20.2 Å². The first kappa shape index (κ1) is 17.2. The third-order valence-electron chi connectivity index (χ3n) is 3.80. The van der Waals surface area contributed by atoms with Gasteiger partial charge in [0.25, 0.3) is 0 Å². The highest BCUT2D eigenvalue weighted by Crippen LogP contribution is 2.18. The van der Waals surface area contributed by atoms with Gasteiger partial charge in [-0.05, 0) is 24.3 Å². The molecule has 1 N–H and O–H groups in total. The van der Waals surface area contributed by atoms with Crippen LogP contribution in [0, 0.1) is 5.82 Å². The Morgan fingerprint density at radius 3 is 2.76 bits per heavy atom. The quantitative estimate of drug-likeness (QED) is 0.881. The minimum Gasteiger partial charge on any atom is -0.424 e. The van der Waals surface area contributed by atoms with Gasteiger partial charge in [0.15, 0.2) is 0 Å². The summed E-state index contributed by atoms with van der Waals surface area (Å²) in [6.45, 7) is 2.38. The molecule has 1 aromatic carbocycles. The van der Waals surface area contributed by atoms with Crippen LogP contribution in [0.5, 0.6) is 11.8 Å². The van der Waals surface area contributed by atoms with Crippen LogP contribution in [0.15, 0.2) is 36.7 Å². The number of amides is 1. The molecule has 1 aliphatic heterocycles. The van der Waals surface area contributed by atoms with E-state index in [-0.39, 0.29) is 17.7 Å². The molecule has 1 amide bonds. The average molecular weight is 346 g/mol. The molecule has 2 aromatic rings. The Balaban J connectivity index is 1.57. The molecular formula is C17H19FN4O3. The van der Waals surface area contributed by atoms with E-state index in [1.54, 1.807) is 19.4 Å². The molecule has 1 saturated heterocycles. The second kappa shape index (κ2) is 8.00. The number of halogens is 1. The second-order valence-electron chi connectivity index (χ2n) is 5.64. The molecule has 0 saturated carbocycles. The summed E-state index contributed by atoms with van der Waals surface area (Å²) in [5.41, 5.74) is 0.906. The fourth-order valence-corrected chi connectivity index (χ4v) is 2.51. The Morgan fingerprint density at radius 1 is 1.36 bits per heavy atom. The second-order valence-corrected chi connectivity index (χ2v) is 5.64. The summed E-state index contributed by atoms with van der Waals surface area (Å²) < 4.78 is 23.8. The fraction of sp³-hybridized carbons (Fsp3) is 0.353. The van der Waals surface area contributed by atoms with Crippen molar-refractivity contribution in [3.05, 3.63) is 48.0 Å². The van der Waals surface area contributed by atoms with E-state index >= 15 is 0 Å². The Hall–Kier alpha value is -2.58. The Labute approximate surface area is 144 Å². The van der Waals surface area contributed by atoms with Gasteiger partial charge in [-0.3, -0.25) is 9.69 Å². The molecule has 3 rings (SSSR count). The maximum Gasteiger partial charge on any atom is 0.321 e. The van der Waals surface area contributed by atoms with Crippen molar-refractivity contribution < 1.29 is 18.7 Å². The van der Waals surface area contributed by atoms with Gasteiger partial charge in [0.2, 0.25) is 5.91 Å². The molecule has 1 atom stereocenters. The summed E-state index contributed by atoms with van der Waals surface area (Å²) in [6, 6.07) is 5.84. The predicted molar refractivity (Wildman–Crippen MR) is 87.6 cm³/mol. The van der Waals surface area contributed by atoms with Crippen LogP contribution in [0.4, 0.5) is 4.39 Å². The molecule has 0 aliphatic carbocycles. The molecule has 8 heteroatoms. The molecule has 25 heavy (non-hydrogen) atoms. The number of nitrogens with zero attached hydrogens (tertiary/aromatic N) is 3. The van der Waals surface area contributed by atoms with Crippen molar-refractivity contribution in [3.63, 3.8) is 0 Å². The van der Waals surface area contributed by atoms with Gasteiger partial charge in [0.05, 0.1) is 6.61 Å². The number of carbonyl (C=O) groups is 1. The molecule has 1 unspecified atom stereocenters. The van der Waals surface area contributed by atoms with E-state index in [9.17, 15) is 9.18 Å². The standard InChI is InChI=1S/C17H19FN4O3/c1-19-16(23)15-11-22(6-7-24-15)10-12-8-20-17(21-9-12)25-14-4-2-13(18)3-5-14/h2-5,8-9,15H,6-7,10-11H2,1H3,(H,19,23).